The quantitative estimate of drug-likeness (QED) is 0.246. The van der Waals surface area contributed by atoms with Gasteiger partial charge in [-0.2, -0.15) is 13.2 Å². The number of rotatable bonds is 2. The minimum absolute atomic E-state index is 0. The van der Waals surface area contributed by atoms with Crippen LogP contribution in [0.3, 0.4) is 0 Å². The summed E-state index contributed by atoms with van der Waals surface area (Å²) in [7, 11) is 24.9. The molecule has 95 heavy (non-hydrogen) atoms. The first kappa shape index (κ1) is 94.0. The van der Waals surface area contributed by atoms with Gasteiger partial charge in [0.2, 0.25) is 0 Å². The maximum Gasteiger partial charge on any atom is 0.393 e. The molecule has 0 saturated carbocycles. The van der Waals surface area contributed by atoms with Crippen molar-refractivity contribution in [2.75, 3.05) is 222 Å². The molecule has 10 atom stereocenters. The van der Waals surface area contributed by atoms with E-state index >= 15 is 0 Å². The average molecular weight is 1370 g/mol. The van der Waals surface area contributed by atoms with Gasteiger partial charge in [0.05, 0.1) is 49.7 Å². The number of likely N-dealkylation sites (tertiary alicyclic amines) is 8. The predicted molar refractivity (Wildman–Crippen MR) is 395 cm³/mol. The zero-order valence-corrected chi connectivity index (χ0v) is 65.6. The molecule has 0 aromatic heterocycles. The smallest absolute Gasteiger partial charge is 0.381 e. The number of methoxy groups -OCH3 is 1. The van der Waals surface area contributed by atoms with Crippen LogP contribution in [-0.2, 0) is 18.9 Å². The lowest BCUT2D eigenvalue weighted by molar-refractivity contribution is -0.185. The van der Waals surface area contributed by atoms with Gasteiger partial charge >= 0.3 is 6.18 Å². The predicted octanol–water partition coefficient (Wildman–Crippen LogP) is 12.7. The van der Waals surface area contributed by atoms with Crippen molar-refractivity contribution >= 4 is 0 Å². The Morgan fingerprint density at radius 3 is 1.25 bits per heavy atom. The van der Waals surface area contributed by atoms with Crippen molar-refractivity contribution in [3.05, 3.63) is 0 Å². The summed E-state index contributed by atoms with van der Waals surface area (Å²) < 4.78 is 82.8. The molecule has 0 spiro atoms. The van der Waals surface area contributed by atoms with Crippen LogP contribution in [0.1, 0.15) is 180 Å². The Morgan fingerprint density at radius 2 is 0.958 bits per heavy atom. The van der Waals surface area contributed by atoms with Crippen LogP contribution in [-0.4, -0.2) is 342 Å². The third kappa shape index (κ3) is 46.3. The molecule has 0 bridgehead atoms. The third-order valence-corrected chi connectivity index (χ3v) is 20.8. The molecule has 0 radical (unpaired) electrons. The first-order chi connectivity index (χ1) is 43.8. The standard InChI is InChI=1S/C8H17N.C7H12F3N.3C7H15NO.2C7H15N.2C6H12FN.C6H13NO.C6H13N.CH4/c1-7-5-4-6-8(2)9(7)3;1-11-4-2-3-6(5-11)7(8,9)10;1-6-4-8(3)5-7(2)9-6;1-7(2)6-8(3)4-5-9-7;1-8-5-3-7(9-2)4-6-8;1-7-3-5-8(2)6-4-7;1-7-5-3-4-6-8(7)2;1-5(7)6-3-8(2)4-6;1-6(7)3-4-8(2)5-6;1-6-5-8-4-3-7(6)2;1-6-3-4-7(2)5-6;/h7-8H,4-6H2,1-3H3;6H,2-5H2,1H3;6-7H,4-5H2,1-3H3;4-6H2,1-3H3;7H,3-6H2,1-2H3;2*7H,3-6H2,1-2H3;5-6H,3-4H2,1-2H3;3-5H2,1-2H3;6H,3-5H2,1-2H3;6H,3-5H2,1-2H3;1H4. The van der Waals surface area contributed by atoms with Gasteiger partial charge in [-0.1, -0.05) is 34.1 Å². The molecule has 572 valence electrons. The van der Waals surface area contributed by atoms with Crippen molar-refractivity contribution in [2.24, 2.45) is 23.7 Å². The van der Waals surface area contributed by atoms with Gasteiger partial charge < -0.3 is 67.9 Å². The lowest BCUT2D eigenvalue weighted by Gasteiger charge is -2.36. The Bertz CT molecular complexity index is 1720. The van der Waals surface area contributed by atoms with E-state index in [-0.39, 0.29) is 19.6 Å². The molecule has 11 saturated heterocycles. The zero-order chi connectivity index (χ0) is 71.4. The molecule has 0 aromatic rings. The van der Waals surface area contributed by atoms with E-state index in [9.17, 15) is 22.0 Å². The molecular weight excluding hydrogens is 1210 g/mol. The number of nitrogens with zero attached hydrogens (tertiary/aromatic N) is 11. The van der Waals surface area contributed by atoms with Gasteiger partial charge in [-0.25, -0.2) is 8.78 Å². The second-order valence-electron chi connectivity index (χ2n) is 31.9. The van der Waals surface area contributed by atoms with E-state index in [1.54, 1.807) is 32.9 Å². The Morgan fingerprint density at radius 1 is 0.463 bits per heavy atom. The first-order valence-electron chi connectivity index (χ1n) is 37.2. The highest BCUT2D eigenvalue weighted by Gasteiger charge is 2.41. The van der Waals surface area contributed by atoms with Crippen molar-refractivity contribution < 1.29 is 40.9 Å². The summed E-state index contributed by atoms with van der Waals surface area (Å²) in [5, 5.41) is 0. The summed E-state index contributed by atoms with van der Waals surface area (Å²) in [5.41, 5.74) is -0.832. The molecule has 0 aromatic carbocycles. The van der Waals surface area contributed by atoms with Gasteiger partial charge in [0.25, 0.3) is 0 Å². The minimum Gasteiger partial charge on any atom is -0.381 e. The molecular formula is C75H158F5N11O4. The number of likely N-dealkylation sites (N-methyl/N-ethyl adjacent to an activating group) is 3. The molecule has 11 heterocycles. The lowest BCUT2D eigenvalue weighted by Crippen LogP contribution is -2.47. The van der Waals surface area contributed by atoms with Crippen LogP contribution in [0, 0.1) is 23.7 Å². The third-order valence-electron chi connectivity index (χ3n) is 20.8. The minimum atomic E-state index is -3.99. The zero-order valence-electron chi connectivity index (χ0n) is 65.6. The fourth-order valence-electron chi connectivity index (χ4n) is 13.4. The Labute approximate surface area is 584 Å². The highest BCUT2D eigenvalue weighted by atomic mass is 19.4. The maximum atomic E-state index is 12.8. The normalized spacial score (nSPS) is 31.8. The second kappa shape index (κ2) is 50.4. The second-order valence-corrected chi connectivity index (χ2v) is 31.9. The SMILES string of the molecule is C.CC(F)C1CN(C)C1.CC1CCCC(C)N1C.CC1CCCCN1C.CC1CCN(C)C1.CC1CCN(C)CC1.CC1CN(C)CC(C)O1.CC1COCCN1C.CN1CCC(C)(F)C1.CN1CCCC(C(F)(F)F)C1.CN1CCOC(C)(C)C1.COC1CCN(C)CC1. The Hall–Kier alpha value is -0.950. The van der Waals surface area contributed by atoms with Gasteiger partial charge in [0, 0.05) is 122 Å². The molecule has 11 aliphatic heterocycles. The van der Waals surface area contributed by atoms with Crippen LogP contribution in [0.5, 0.6) is 0 Å². The van der Waals surface area contributed by atoms with E-state index in [4.69, 9.17) is 18.9 Å². The van der Waals surface area contributed by atoms with Gasteiger partial charge in [0.1, 0.15) is 11.8 Å². The first-order valence-corrected chi connectivity index (χ1v) is 37.2. The number of piperidine rings is 5. The van der Waals surface area contributed by atoms with Gasteiger partial charge in [-0.05, 0) is 268 Å². The number of alkyl halides is 5. The van der Waals surface area contributed by atoms with Crippen molar-refractivity contribution in [2.45, 2.75) is 247 Å². The van der Waals surface area contributed by atoms with Crippen LogP contribution in [0.4, 0.5) is 22.0 Å². The molecule has 11 aliphatic rings. The van der Waals surface area contributed by atoms with E-state index in [1.807, 2.05) is 19.0 Å². The molecule has 0 aliphatic carbocycles. The molecule has 11 fully saturated rings. The highest BCUT2D eigenvalue weighted by Crippen LogP contribution is 2.32. The van der Waals surface area contributed by atoms with E-state index in [0.29, 0.717) is 56.1 Å². The number of hydrogen-bond acceptors (Lipinski definition) is 15. The summed E-state index contributed by atoms with van der Waals surface area (Å²) >= 11 is 0. The van der Waals surface area contributed by atoms with E-state index in [2.05, 4.69) is 170 Å². The van der Waals surface area contributed by atoms with Crippen LogP contribution in [0.25, 0.3) is 0 Å². The number of ether oxygens (including phenoxy) is 4. The molecule has 0 N–H and O–H groups in total. The van der Waals surface area contributed by atoms with Gasteiger partial charge in [-0.15, -0.1) is 0 Å². The van der Waals surface area contributed by atoms with E-state index in [0.717, 1.165) is 109 Å². The number of halogens is 5. The fraction of sp³-hybridized carbons (Fsp3) is 1.00. The summed E-state index contributed by atoms with van der Waals surface area (Å²) in [5.74, 6) is 1.15. The Kier molecular flexibility index (Phi) is 49.9. The molecule has 10 unspecified atom stereocenters. The van der Waals surface area contributed by atoms with E-state index < -0.39 is 23.9 Å². The molecule has 15 nitrogen and oxygen atoms in total. The molecule has 11 rings (SSSR count). The largest absolute Gasteiger partial charge is 0.393 e. The molecule has 20 heteroatoms. The van der Waals surface area contributed by atoms with Crippen LogP contribution < -0.4 is 0 Å². The van der Waals surface area contributed by atoms with Gasteiger partial charge in [0.15, 0.2) is 0 Å². The van der Waals surface area contributed by atoms with Gasteiger partial charge in [-0.3, -0.25) is 4.90 Å². The van der Waals surface area contributed by atoms with Crippen molar-refractivity contribution in [1.29, 1.82) is 0 Å². The number of morpholine rings is 3. The lowest BCUT2D eigenvalue weighted by atomic mass is 9.97. The average Bonchev–Trinajstić information content (AvgIpc) is 1.82. The maximum absolute atomic E-state index is 12.8. The summed E-state index contributed by atoms with van der Waals surface area (Å²) in [6.07, 6.45) is 13.5. The van der Waals surface area contributed by atoms with Crippen molar-refractivity contribution in [1.82, 2.24) is 53.9 Å². The number of hydrogen-bond donors (Lipinski definition) is 0. The van der Waals surface area contributed by atoms with Crippen LogP contribution in [0.15, 0.2) is 0 Å². The van der Waals surface area contributed by atoms with Crippen molar-refractivity contribution in [3.8, 4) is 0 Å². The van der Waals surface area contributed by atoms with Crippen LogP contribution >= 0.6 is 0 Å². The summed E-state index contributed by atoms with van der Waals surface area (Å²) in [6, 6.07) is 3.08. The highest BCUT2D eigenvalue weighted by molar-refractivity contribution is 4.85. The summed E-state index contributed by atoms with van der Waals surface area (Å²) in [4.78, 5) is 24.8. The van der Waals surface area contributed by atoms with E-state index in [1.165, 1.54) is 116 Å². The summed E-state index contributed by atoms with van der Waals surface area (Å²) in [6.45, 7) is 46.9. The topological polar surface area (TPSA) is 72.6 Å². The Balaban J connectivity index is 0.00000102. The molecule has 0 amide bonds. The van der Waals surface area contributed by atoms with Crippen molar-refractivity contribution in [3.63, 3.8) is 0 Å². The fourth-order valence-corrected chi connectivity index (χ4v) is 13.4. The van der Waals surface area contributed by atoms with Crippen LogP contribution in [0.2, 0.25) is 0 Å². The monoisotopic (exact) mass is 1370 g/mol.